The molecule has 0 spiro atoms. The lowest BCUT2D eigenvalue weighted by Gasteiger charge is -2.03. The second-order valence-corrected chi connectivity index (χ2v) is 8.45. The molecule has 0 radical (unpaired) electrons. The molecule has 34 heavy (non-hydrogen) atoms. The number of amides is 1. The number of nitrogens with zero attached hydrogens (tertiary/aromatic N) is 5. The Kier molecular flexibility index (Phi) is 4.81. The summed E-state index contributed by atoms with van der Waals surface area (Å²) in [4.78, 5) is 22.7. The monoisotopic (exact) mass is 466 g/mol. The Morgan fingerprint density at radius 3 is 2.71 bits per heavy atom. The maximum Gasteiger partial charge on any atom is 0.258 e. The molecule has 9 heteroatoms. The Labute approximate surface area is 198 Å². The number of carbonyl (C=O) groups excluding carboxylic acids is 1. The fourth-order valence-corrected chi connectivity index (χ4v) is 4.59. The summed E-state index contributed by atoms with van der Waals surface area (Å²) in [6, 6.07) is 21.2. The minimum atomic E-state index is -0.298. The standard InChI is InChI=1S/C25H18N6O2S/c1-33-19-9-5-8-17(12-19)21-15-34-25-28-24(29-31(21)25)27-23(32)18-10-11-30-14-20(26-22(30)13-18)16-6-3-2-4-7-16/h2-15H,1H3,(H,27,29,32). The molecular weight excluding hydrogens is 448 g/mol. The molecule has 1 N–H and O–H groups in total. The molecule has 0 bridgehead atoms. The highest BCUT2D eigenvalue weighted by Crippen LogP contribution is 2.28. The van der Waals surface area contributed by atoms with Gasteiger partial charge in [0.05, 0.1) is 18.5 Å². The van der Waals surface area contributed by atoms with Crippen LogP contribution in [-0.4, -0.2) is 37.0 Å². The Balaban J connectivity index is 1.27. The van der Waals surface area contributed by atoms with Crippen LogP contribution in [0.4, 0.5) is 5.95 Å². The number of thiazole rings is 1. The average molecular weight is 467 g/mol. The summed E-state index contributed by atoms with van der Waals surface area (Å²) in [6.45, 7) is 0. The van der Waals surface area contributed by atoms with E-state index in [1.54, 1.807) is 23.8 Å². The molecule has 6 rings (SSSR count). The number of benzene rings is 2. The van der Waals surface area contributed by atoms with Crippen LogP contribution in [0, 0.1) is 0 Å². The zero-order valence-corrected chi connectivity index (χ0v) is 18.9. The molecule has 8 nitrogen and oxygen atoms in total. The van der Waals surface area contributed by atoms with E-state index < -0.39 is 0 Å². The summed E-state index contributed by atoms with van der Waals surface area (Å²) in [7, 11) is 1.63. The average Bonchev–Trinajstić information content (AvgIpc) is 3.58. The van der Waals surface area contributed by atoms with Gasteiger partial charge in [-0.05, 0) is 24.3 Å². The third-order valence-electron chi connectivity index (χ3n) is 5.46. The SMILES string of the molecule is COc1cccc(-c2csc3nc(NC(=O)c4ccn5cc(-c6ccccc6)nc5c4)nn23)c1. The van der Waals surface area contributed by atoms with Crippen LogP contribution in [-0.2, 0) is 0 Å². The van der Waals surface area contributed by atoms with Gasteiger partial charge in [-0.15, -0.1) is 16.4 Å². The molecule has 4 aromatic heterocycles. The van der Waals surface area contributed by atoms with Crippen molar-refractivity contribution < 1.29 is 9.53 Å². The van der Waals surface area contributed by atoms with E-state index in [0.29, 0.717) is 16.2 Å². The molecule has 4 heterocycles. The summed E-state index contributed by atoms with van der Waals surface area (Å²) in [6.07, 6.45) is 3.77. The molecule has 0 saturated heterocycles. The van der Waals surface area contributed by atoms with Crippen molar-refractivity contribution in [3.05, 3.63) is 90.1 Å². The van der Waals surface area contributed by atoms with Gasteiger partial charge in [-0.25, -0.2) is 9.50 Å². The molecule has 6 aromatic rings. The van der Waals surface area contributed by atoms with E-state index in [9.17, 15) is 4.79 Å². The smallest absolute Gasteiger partial charge is 0.258 e. The summed E-state index contributed by atoms with van der Waals surface area (Å²) in [5.74, 6) is 0.706. The molecule has 0 saturated carbocycles. The Bertz CT molecular complexity index is 1650. The van der Waals surface area contributed by atoms with Gasteiger partial charge < -0.3 is 9.14 Å². The Morgan fingerprint density at radius 1 is 1.00 bits per heavy atom. The van der Waals surface area contributed by atoms with Crippen LogP contribution >= 0.6 is 11.3 Å². The van der Waals surface area contributed by atoms with Gasteiger partial charge in [0, 0.05) is 34.5 Å². The van der Waals surface area contributed by atoms with E-state index in [1.165, 1.54) is 11.3 Å². The topological polar surface area (TPSA) is 85.8 Å². The number of pyridine rings is 1. The molecular formula is C25H18N6O2S. The first-order valence-corrected chi connectivity index (χ1v) is 11.4. The first kappa shape index (κ1) is 20.1. The number of nitrogens with one attached hydrogen (secondary N) is 1. The second-order valence-electron chi connectivity index (χ2n) is 7.61. The summed E-state index contributed by atoms with van der Waals surface area (Å²) < 4.78 is 8.94. The van der Waals surface area contributed by atoms with Crippen molar-refractivity contribution >= 4 is 33.8 Å². The van der Waals surface area contributed by atoms with Gasteiger partial charge in [0.1, 0.15) is 11.4 Å². The van der Waals surface area contributed by atoms with Crippen LogP contribution in [0.5, 0.6) is 5.75 Å². The van der Waals surface area contributed by atoms with E-state index in [0.717, 1.165) is 28.3 Å². The Hall–Kier alpha value is -4.50. The summed E-state index contributed by atoms with van der Waals surface area (Å²) in [5, 5.41) is 9.28. The first-order chi connectivity index (χ1) is 16.7. The zero-order chi connectivity index (χ0) is 23.1. The minimum Gasteiger partial charge on any atom is -0.497 e. The number of rotatable bonds is 5. The predicted molar refractivity (Wildman–Crippen MR) is 131 cm³/mol. The van der Waals surface area contributed by atoms with E-state index >= 15 is 0 Å². The number of hydrogen-bond donors (Lipinski definition) is 1. The van der Waals surface area contributed by atoms with E-state index in [1.807, 2.05) is 76.8 Å². The van der Waals surface area contributed by atoms with E-state index in [-0.39, 0.29) is 11.9 Å². The quantitative estimate of drug-likeness (QED) is 0.385. The molecule has 2 aromatic carbocycles. The van der Waals surface area contributed by atoms with Crippen LogP contribution in [0.2, 0.25) is 0 Å². The molecule has 166 valence electrons. The molecule has 0 aliphatic rings. The van der Waals surface area contributed by atoms with Gasteiger partial charge in [-0.3, -0.25) is 10.1 Å². The van der Waals surface area contributed by atoms with E-state index in [4.69, 9.17) is 4.74 Å². The van der Waals surface area contributed by atoms with Crippen molar-refractivity contribution in [2.75, 3.05) is 12.4 Å². The highest BCUT2D eigenvalue weighted by Gasteiger charge is 2.15. The number of hydrogen-bond acceptors (Lipinski definition) is 6. The largest absolute Gasteiger partial charge is 0.497 e. The molecule has 0 atom stereocenters. The van der Waals surface area contributed by atoms with Crippen LogP contribution < -0.4 is 10.1 Å². The number of imidazole rings is 1. The van der Waals surface area contributed by atoms with Gasteiger partial charge in [0.2, 0.25) is 4.96 Å². The van der Waals surface area contributed by atoms with Gasteiger partial charge in [0.25, 0.3) is 11.9 Å². The number of methoxy groups -OCH3 is 1. The van der Waals surface area contributed by atoms with Gasteiger partial charge in [0.15, 0.2) is 0 Å². The number of anilines is 1. The van der Waals surface area contributed by atoms with E-state index in [2.05, 4.69) is 20.4 Å². The van der Waals surface area contributed by atoms with Crippen LogP contribution in [0.25, 0.3) is 33.1 Å². The zero-order valence-electron chi connectivity index (χ0n) is 18.0. The highest BCUT2D eigenvalue weighted by molar-refractivity contribution is 7.15. The lowest BCUT2D eigenvalue weighted by molar-refractivity contribution is 0.102. The number of carbonyl (C=O) groups is 1. The van der Waals surface area contributed by atoms with Crippen molar-refractivity contribution in [2.24, 2.45) is 0 Å². The highest BCUT2D eigenvalue weighted by atomic mass is 32.1. The van der Waals surface area contributed by atoms with Crippen molar-refractivity contribution in [3.63, 3.8) is 0 Å². The van der Waals surface area contributed by atoms with Crippen molar-refractivity contribution in [1.82, 2.24) is 24.0 Å². The number of fused-ring (bicyclic) bond motifs is 2. The molecule has 0 unspecified atom stereocenters. The minimum absolute atomic E-state index is 0.245. The van der Waals surface area contributed by atoms with Gasteiger partial charge >= 0.3 is 0 Å². The van der Waals surface area contributed by atoms with Crippen LogP contribution in [0.15, 0.2) is 84.5 Å². The Morgan fingerprint density at radius 2 is 1.85 bits per heavy atom. The van der Waals surface area contributed by atoms with Crippen molar-refractivity contribution in [2.45, 2.75) is 0 Å². The second kappa shape index (κ2) is 8.13. The first-order valence-electron chi connectivity index (χ1n) is 10.5. The predicted octanol–water partition coefficient (Wildman–Crippen LogP) is 5.03. The fraction of sp³-hybridized carbons (Fsp3) is 0.0400. The third-order valence-corrected chi connectivity index (χ3v) is 6.28. The third kappa shape index (κ3) is 3.57. The maximum absolute atomic E-state index is 12.9. The maximum atomic E-state index is 12.9. The van der Waals surface area contributed by atoms with Gasteiger partial charge in [-0.2, -0.15) is 4.98 Å². The lowest BCUT2D eigenvalue weighted by Crippen LogP contribution is -2.13. The van der Waals surface area contributed by atoms with Crippen molar-refractivity contribution in [3.8, 4) is 28.3 Å². The van der Waals surface area contributed by atoms with Crippen LogP contribution in [0.1, 0.15) is 10.4 Å². The number of ether oxygens (including phenoxy) is 1. The molecule has 1 amide bonds. The molecule has 0 fully saturated rings. The summed E-state index contributed by atoms with van der Waals surface area (Å²) in [5.41, 5.74) is 4.85. The number of aromatic nitrogens is 5. The lowest BCUT2D eigenvalue weighted by atomic mass is 10.2. The molecule has 0 aliphatic carbocycles. The van der Waals surface area contributed by atoms with Gasteiger partial charge in [-0.1, -0.05) is 42.5 Å². The summed E-state index contributed by atoms with van der Waals surface area (Å²) >= 11 is 1.45. The van der Waals surface area contributed by atoms with Crippen LogP contribution in [0.3, 0.4) is 0 Å². The fourth-order valence-electron chi connectivity index (χ4n) is 3.76. The van der Waals surface area contributed by atoms with Crippen molar-refractivity contribution in [1.29, 1.82) is 0 Å². The molecule has 0 aliphatic heterocycles. The normalized spacial score (nSPS) is 11.2.